The zero-order valence-electron chi connectivity index (χ0n) is 11.1. The Morgan fingerprint density at radius 2 is 2.00 bits per heavy atom. The second-order valence-corrected chi connectivity index (χ2v) is 4.79. The van der Waals surface area contributed by atoms with Crippen LogP contribution in [-0.4, -0.2) is 26.8 Å². The smallest absolute Gasteiger partial charge is 0.323 e. The molecular weight excluding hydrogens is 265 g/mol. The van der Waals surface area contributed by atoms with Crippen molar-refractivity contribution in [2.45, 2.75) is 25.9 Å². The van der Waals surface area contributed by atoms with Gasteiger partial charge >= 0.3 is 5.97 Å². The molecule has 1 aromatic heterocycles. The van der Waals surface area contributed by atoms with Crippen LogP contribution in [0.1, 0.15) is 19.7 Å². The van der Waals surface area contributed by atoms with Gasteiger partial charge in [0.25, 0.3) is 0 Å². The van der Waals surface area contributed by atoms with Crippen LogP contribution in [0.2, 0.25) is 0 Å². The Balaban J connectivity index is 2.06. The van der Waals surface area contributed by atoms with Gasteiger partial charge in [-0.15, -0.1) is 10.2 Å². The Hall–Kier alpha value is -2.28. The van der Waals surface area contributed by atoms with Crippen LogP contribution in [0.4, 0.5) is 4.39 Å². The largest absolute Gasteiger partial charge is 0.480 e. The van der Waals surface area contributed by atoms with E-state index in [1.54, 1.807) is 0 Å². The van der Waals surface area contributed by atoms with Gasteiger partial charge in [-0.05, 0) is 38.1 Å². The van der Waals surface area contributed by atoms with Gasteiger partial charge in [0.15, 0.2) is 0 Å². The highest BCUT2D eigenvalue weighted by molar-refractivity contribution is 5.77. The molecule has 2 N–H and O–H groups in total. The first-order chi connectivity index (χ1) is 9.38. The number of carbonyl (C=O) groups is 1. The van der Waals surface area contributed by atoms with Crippen LogP contribution in [0.15, 0.2) is 28.7 Å². The summed E-state index contributed by atoms with van der Waals surface area (Å²) in [6.45, 7) is 3.20. The summed E-state index contributed by atoms with van der Waals surface area (Å²) in [5, 5.41) is 19.4. The molecule has 0 aliphatic heterocycles. The molecule has 0 unspecified atom stereocenters. The van der Waals surface area contributed by atoms with Gasteiger partial charge in [-0.1, -0.05) is 0 Å². The summed E-state index contributed by atoms with van der Waals surface area (Å²) in [7, 11) is 0. The van der Waals surface area contributed by atoms with Crippen LogP contribution in [0.5, 0.6) is 0 Å². The van der Waals surface area contributed by atoms with Crippen LogP contribution in [0.25, 0.3) is 11.5 Å². The second kappa shape index (κ2) is 5.38. The zero-order valence-corrected chi connectivity index (χ0v) is 11.1. The number of carboxylic acid groups (broad SMARTS) is 1. The van der Waals surface area contributed by atoms with E-state index in [-0.39, 0.29) is 24.1 Å². The lowest BCUT2D eigenvalue weighted by Gasteiger charge is -2.19. The highest BCUT2D eigenvalue weighted by Crippen LogP contribution is 2.18. The Morgan fingerprint density at radius 3 is 2.60 bits per heavy atom. The molecular formula is C13H14FN3O3. The lowest BCUT2D eigenvalue weighted by molar-refractivity contribution is -0.143. The topological polar surface area (TPSA) is 88.3 Å². The molecule has 7 heteroatoms. The molecule has 0 spiro atoms. The minimum atomic E-state index is -1.09. The SMILES string of the molecule is CC(C)(NCc1nnc(-c2ccc(F)cc2)o1)C(=O)O. The number of halogens is 1. The first-order valence-electron chi connectivity index (χ1n) is 5.95. The van der Waals surface area contributed by atoms with Crippen LogP contribution in [0, 0.1) is 5.82 Å². The third-order valence-electron chi connectivity index (χ3n) is 2.77. The molecule has 2 aromatic rings. The van der Waals surface area contributed by atoms with Gasteiger partial charge in [0.2, 0.25) is 11.8 Å². The number of carboxylic acids is 1. The Morgan fingerprint density at radius 1 is 1.35 bits per heavy atom. The third kappa shape index (κ3) is 3.18. The fraction of sp³-hybridized carbons (Fsp3) is 0.308. The standard InChI is InChI=1S/C13H14FN3O3/c1-13(2,12(18)19)15-7-10-16-17-11(20-10)8-3-5-9(14)6-4-8/h3-6,15H,7H2,1-2H3,(H,18,19). The van der Waals surface area contributed by atoms with Gasteiger partial charge in [0.05, 0.1) is 6.54 Å². The molecule has 0 fully saturated rings. The van der Waals surface area contributed by atoms with E-state index < -0.39 is 11.5 Å². The van der Waals surface area contributed by atoms with Crippen molar-refractivity contribution in [3.63, 3.8) is 0 Å². The number of benzene rings is 1. The van der Waals surface area contributed by atoms with Crippen molar-refractivity contribution < 1.29 is 18.7 Å². The summed E-state index contributed by atoms with van der Waals surface area (Å²) in [6, 6.07) is 5.65. The van der Waals surface area contributed by atoms with Crippen molar-refractivity contribution in [1.29, 1.82) is 0 Å². The van der Waals surface area contributed by atoms with Crippen LogP contribution >= 0.6 is 0 Å². The van der Waals surface area contributed by atoms with Crippen molar-refractivity contribution in [2.75, 3.05) is 0 Å². The molecule has 6 nitrogen and oxygen atoms in total. The maximum Gasteiger partial charge on any atom is 0.323 e. The maximum atomic E-state index is 12.8. The summed E-state index contributed by atoms with van der Waals surface area (Å²) >= 11 is 0. The summed E-state index contributed by atoms with van der Waals surface area (Å²) in [4.78, 5) is 10.9. The first-order valence-corrected chi connectivity index (χ1v) is 5.95. The highest BCUT2D eigenvalue weighted by Gasteiger charge is 2.26. The van der Waals surface area contributed by atoms with E-state index >= 15 is 0 Å². The monoisotopic (exact) mass is 279 g/mol. The number of hydrogen-bond acceptors (Lipinski definition) is 5. The molecule has 0 amide bonds. The fourth-order valence-corrected chi connectivity index (χ4v) is 1.41. The lowest BCUT2D eigenvalue weighted by Crippen LogP contribution is -2.46. The summed E-state index contributed by atoms with van der Waals surface area (Å²) in [5.41, 5.74) is -0.493. The number of aliphatic carboxylic acids is 1. The van der Waals surface area contributed by atoms with Crippen molar-refractivity contribution in [3.05, 3.63) is 36.0 Å². The third-order valence-corrected chi connectivity index (χ3v) is 2.77. The number of hydrogen-bond donors (Lipinski definition) is 2. The van der Waals surface area contributed by atoms with E-state index in [9.17, 15) is 9.18 Å². The van der Waals surface area contributed by atoms with Crippen molar-refractivity contribution >= 4 is 5.97 Å². The van der Waals surface area contributed by atoms with E-state index in [0.29, 0.717) is 5.56 Å². The molecule has 0 atom stereocenters. The maximum absolute atomic E-state index is 12.8. The normalized spacial score (nSPS) is 11.6. The van der Waals surface area contributed by atoms with Crippen LogP contribution < -0.4 is 5.32 Å². The van der Waals surface area contributed by atoms with Crippen LogP contribution in [0.3, 0.4) is 0 Å². The van der Waals surface area contributed by atoms with Gasteiger partial charge in [-0.2, -0.15) is 0 Å². The van der Waals surface area contributed by atoms with Gasteiger partial charge in [0, 0.05) is 5.56 Å². The minimum Gasteiger partial charge on any atom is -0.480 e. The molecule has 106 valence electrons. The first kappa shape index (κ1) is 14.1. The molecule has 0 aliphatic carbocycles. The van der Waals surface area contributed by atoms with Crippen molar-refractivity contribution in [1.82, 2.24) is 15.5 Å². The minimum absolute atomic E-state index is 0.132. The van der Waals surface area contributed by atoms with Gasteiger partial charge < -0.3 is 9.52 Å². The summed E-state index contributed by atoms with van der Waals surface area (Å²) in [6.07, 6.45) is 0. The van der Waals surface area contributed by atoms with Crippen molar-refractivity contribution in [2.24, 2.45) is 0 Å². The average Bonchev–Trinajstić information content (AvgIpc) is 2.86. The molecule has 2 rings (SSSR count). The Labute approximate surface area is 114 Å². The van der Waals surface area contributed by atoms with Crippen molar-refractivity contribution in [3.8, 4) is 11.5 Å². The lowest BCUT2D eigenvalue weighted by atomic mass is 10.1. The molecule has 20 heavy (non-hydrogen) atoms. The van der Waals surface area contributed by atoms with E-state index in [1.807, 2.05) is 0 Å². The molecule has 0 saturated carbocycles. The number of nitrogens with one attached hydrogen (secondary N) is 1. The predicted molar refractivity (Wildman–Crippen MR) is 68.2 cm³/mol. The fourth-order valence-electron chi connectivity index (χ4n) is 1.41. The number of nitrogens with zero attached hydrogens (tertiary/aromatic N) is 2. The highest BCUT2D eigenvalue weighted by atomic mass is 19.1. The average molecular weight is 279 g/mol. The van der Waals surface area contributed by atoms with E-state index in [1.165, 1.54) is 38.1 Å². The predicted octanol–water partition coefficient (Wildman–Crippen LogP) is 1.83. The molecule has 0 saturated heterocycles. The Bertz CT molecular complexity index is 608. The number of aromatic nitrogens is 2. The summed E-state index contributed by atoms with van der Waals surface area (Å²) < 4.78 is 18.2. The number of rotatable bonds is 5. The van der Waals surface area contributed by atoms with Gasteiger partial charge in [0.1, 0.15) is 11.4 Å². The molecule has 0 radical (unpaired) electrons. The zero-order chi connectivity index (χ0) is 14.8. The molecule has 1 aromatic carbocycles. The summed E-state index contributed by atoms with van der Waals surface area (Å²) in [5.74, 6) is -0.803. The van der Waals surface area contributed by atoms with Crippen LogP contribution in [-0.2, 0) is 11.3 Å². The molecule has 0 bridgehead atoms. The van der Waals surface area contributed by atoms with E-state index in [2.05, 4.69) is 15.5 Å². The Kier molecular flexibility index (Phi) is 3.80. The second-order valence-electron chi connectivity index (χ2n) is 4.79. The van der Waals surface area contributed by atoms with Gasteiger partial charge in [-0.25, -0.2) is 4.39 Å². The van der Waals surface area contributed by atoms with E-state index in [0.717, 1.165) is 0 Å². The van der Waals surface area contributed by atoms with E-state index in [4.69, 9.17) is 9.52 Å². The van der Waals surface area contributed by atoms with Gasteiger partial charge in [-0.3, -0.25) is 10.1 Å². The quantitative estimate of drug-likeness (QED) is 0.868. The molecule has 1 heterocycles. The molecule has 0 aliphatic rings.